The van der Waals surface area contributed by atoms with Crippen molar-refractivity contribution in [2.45, 2.75) is 0 Å². The molecule has 5 nitrogen and oxygen atoms in total. The van der Waals surface area contributed by atoms with Gasteiger partial charge in [0, 0.05) is 5.39 Å². The van der Waals surface area contributed by atoms with E-state index in [-0.39, 0.29) is 11.9 Å². The molecule has 18 heavy (non-hydrogen) atoms. The molecule has 1 atom stereocenters. The number of hydrogen-bond acceptors (Lipinski definition) is 3. The van der Waals surface area contributed by atoms with Crippen molar-refractivity contribution >= 4 is 23.8 Å². The maximum Gasteiger partial charge on any atom is 0.365 e. The summed E-state index contributed by atoms with van der Waals surface area (Å²) in [5.41, 5.74) is 0.647. The van der Waals surface area contributed by atoms with E-state index in [1.165, 1.54) is 17.0 Å². The van der Waals surface area contributed by atoms with E-state index in [1.807, 2.05) is 6.07 Å². The van der Waals surface area contributed by atoms with Gasteiger partial charge < -0.3 is 9.42 Å². The molecule has 0 aliphatic carbocycles. The molecule has 0 radical (unpaired) electrons. The topological polar surface area (TPSA) is 63.3 Å². The Kier molecular flexibility index (Phi) is 3.57. The van der Waals surface area contributed by atoms with Crippen molar-refractivity contribution in [3.8, 4) is 0 Å². The molecule has 0 fully saturated rings. The number of rotatable bonds is 4. The van der Waals surface area contributed by atoms with Crippen molar-refractivity contribution in [1.82, 2.24) is 5.10 Å². The number of aromatic nitrogens is 2. The Morgan fingerprint density at radius 3 is 3.00 bits per heavy atom. The lowest BCUT2D eigenvalue weighted by Crippen LogP contribution is -2.36. The highest BCUT2D eigenvalue weighted by atomic mass is 31.2. The quantitative estimate of drug-likeness (QED) is 0.510. The molecule has 94 valence electrons. The van der Waals surface area contributed by atoms with Crippen molar-refractivity contribution in [3.63, 3.8) is 0 Å². The van der Waals surface area contributed by atoms with Gasteiger partial charge in [-0.05, 0) is 11.2 Å². The normalized spacial score (nSPS) is 14.3. The Morgan fingerprint density at radius 1 is 1.56 bits per heavy atom. The van der Waals surface area contributed by atoms with Crippen molar-refractivity contribution in [3.05, 3.63) is 43.1 Å². The Morgan fingerprint density at radius 2 is 2.28 bits per heavy atom. The molecule has 2 aromatic rings. The highest BCUT2D eigenvalue weighted by molar-refractivity contribution is 7.61. The van der Waals surface area contributed by atoms with Gasteiger partial charge in [-0.2, -0.15) is 0 Å². The van der Waals surface area contributed by atoms with Gasteiger partial charge in [0.1, 0.15) is 10.8 Å². The Labute approximate surface area is 105 Å². The maximum atomic E-state index is 12.2. The highest BCUT2D eigenvalue weighted by Crippen LogP contribution is 2.41. The lowest BCUT2D eigenvalue weighted by Gasteiger charge is -2.11. The van der Waals surface area contributed by atoms with E-state index in [2.05, 4.69) is 11.7 Å². The summed E-state index contributed by atoms with van der Waals surface area (Å²) >= 11 is 0. The van der Waals surface area contributed by atoms with Gasteiger partial charge in [-0.25, -0.2) is 0 Å². The standard InChI is InChI=1S/C12H13N2O3P/c1-3-8-17-18(15,16)12-9-14(2)13-11-7-5-4-6-10(11)12/h3-7,9H,1,8H2,2H3/p+1. The summed E-state index contributed by atoms with van der Waals surface area (Å²) in [4.78, 5) is 9.98. The number of hydrogen-bond donors (Lipinski definition) is 1. The van der Waals surface area contributed by atoms with Crippen molar-refractivity contribution < 1.29 is 18.7 Å². The summed E-state index contributed by atoms with van der Waals surface area (Å²) in [5.74, 6) is 0. The van der Waals surface area contributed by atoms with Crippen LogP contribution < -0.4 is 9.99 Å². The monoisotopic (exact) mass is 265 g/mol. The zero-order valence-electron chi connectivity index (χ0n) is 9.98. The van der Waals surface area contributed by atoms with Crippen LogP contribution in [0.15, 0.2) is 43.1 Å². The van der Waals surface area contributed by atoms with Crippen molar-refractivity contribution in [2.75, 3.05) is 6.61 Å². The average molecular weight is 265 g/mol. The molecular weight excluding hydrogens is 251 g/mol. The molecule has 0 aliphatic heterocycles. The molecule has 1 aromatic heterocycles. The summed E-state index contributed by atoms with van der Waals surface area (Å²) in [6.07, 6.45) is 2.94. The number of fused-ring (bicyclic) bond motifs is 1. The molecule has 0 saturated carbocycles. The van der Waals surface area contributed by atoms with Gasteiger partial charge in [0.2, 0.25) is 6.20 Å². The van der Waals surface area contributed by atoms with Gasteiger partial charge in [-0.1, -0.05) is 29.0 Å². The van der Waals surface area contributed by atoms with Gasteiger partial charge in [0.15, 0.2) is 7.05 Å². The largest absolute Gasteiger partial charge is 0.365 e. The molecule has 0 bridgehead atoms. The summed E-state index contributed by atoms with van der Waals surface area (Å²) in [6.45, 7) is 3.48. The van der Waals surface area contributed by atoms with Gasteiger partial charge in [0.05, 0.1) is 6.61 Å². The minimum Gasteiger partial charge on any atom is -0.321 e. The predicted octanol–water partition coefficient (Wildman–Crippen LogP) is 1.07. The van der Waals surface area contributed by atoms with Crippen LogP contribution in [0, 0.1) is 0 Å². The fourth-order valence-electron chi connectivity index (χ4n) is 1.67. The Hall–Kier alpha value is -1.55. The van der Waals surface area contributed by atoms with E-state index in [0.29, 0.717) is 10.9 Å². The lowest BCUT2D eigenvalue weighted by atomic mass is 10.2. The summed E-state index contributed by atoms with van der Waals surface area (Å²) in [7, 11) is -2.17. The van der Waals surface area contributed by atoms with E-state index in [9.17, 15) is 9.46 Å². The molecule has 0 aliphatic rings. The predicted molar refractivity (Wildman–Crippen MR) is 68.5 cm³/mol. The number of benzene rings is 1. The smallest absolute Gasteiger partial charge is 0.321 e. The molecule has 2 rings (SSSR count). The van der Waals surface area contributed by atoms with Crippen LogP contribution in [0.4, 0.5) is 0 Å². The second-order valence-electron chi connectivity index (χ2n) is 3.81. The molecular formula is C12H14N2O3P+. The number of aryl methyl sites for hydroxylation is 1. The van der Waals surface area contributed by atoms with Gasteiger partial charge in [-0.15, -0.1) is 6.58 Å². The van der Waals surface area contributed by atoms with Crippen LogP contribution in [0.3, 0.4) is 0 Å². The fraction of sp³-hybridized carbons (Fsp3) is 0.167. The van der Waals surface area contributed by atoms with Crippen LogP contribution in [-0.2, 0) is 16.1 Å². The fourth-order valence-corrected chi connectivity index (χ4v) is 2.92. The van der Waals surface area contributed by atoms with Crippen LogP contribution in [0.5, 0.6) is 0 Å². The minimum absolute atomic E-state index is 0.0220. The molecule has 1 aromatic carbocycles. The first-order valence-electron chi connectivity index (χ1n) is 5.39. The zero-order chi connectivity index (χ0) is 13.2. The van der Waals surface area contributed by atoms with Crippen LogP contribution in [0.25, 0.3) is 10.9 Å². The third-order valence-electron chi connectivity index (χ3n) is 2.43. The molecule has 0 spiro atoms. The molecule has 0 saturated heterocycles. The van der Waals surface area contributed by atoms with E-state index in [4.69, 9.17) is 4.52 Å². The van der Waals surface area contributed by atoms with E-state index < -0.39 is 7.60 Å². The zero-order valence-corrected chi connectivity index (χ0v) is 10.9. The SMILES string of the molecule is C=CCOP(=O)(O)c1c[n+](C)nc2ccccc12. The van der Waals surface area contributed by atoms with Crippen LogP contribution in [0.1, 0.15) is 0 Å². The van der Waals surface area contributed by atoms with Gasteiger partial charge >= 0.3 is 7.60 Å². The highest BCUT2D eigenvalue weighted by Gasteiger charge is 2.28. The average Bonchev–Trinajstić information content (AvgIpc) is 2.35. The molecule has 0 amide bonds. The second-order valence-corrected chi connectivity index (χ2v) is 5.59. The second kappa shape index (κ2) is 4.98. The number of nitrogens with zero attached hydrogens (tertiary/aromatic N) is 2. The Bertz CT molecular complexity index is 642. The molecule has 1 heterocycles. The van der Waals surface area contributed by atoms with E-state index >= 15 is 0 Å². The first-order valence-corrected chi connectivity index (χ1v) is 6.97. The first kappa shape index (κ1) is 12.9. The molecule has 1 N–H and O–H groups in total. The van der Waals surface area contributed by atoms with Crippen molar-refractivity contribution in [2.24, 2.45) is 7.05 Å². The van der Waals surface area contributed by atoms with E-state index in [0.717, 1.165) is 0 Å². The van der Waals surface area contributed by atoms with Gasteiger partial charge in [0.25, 0.3) is 0 Å². The lowest BCUT2D eigenvalue weighted by molar-refractivity contribution is -0.727. The first-order chi connectivity index (χ1) is 8.54. The van der Waals surface area contributed by atoms with Crippen LogP contribution in [0.2, 0.25) is 0 Å². The third kappa shape index (κ3) is 2.48. The molecule has 1 unspecified atom stereocenters. The maximum absolute atomic E-state index is 12.2. The summed E-state index contributed by atoms with van der Waals surface area (Å²) < 4.78 is 18.7. The summed E-state index contributed by atoms with van der Waals surface area (Å²) in [5, 5.41) is 5.10. The van der Waals surface area contributed by atoms with Crippen molar-refractivity contribution in [1.29, 1.82) is 0 Å². The Balaban J connectivity index is 2.62. The van der Waals surface area contributed by atoms with Crippen LogP contribution >= 0.6 is 7.60 Å². The van der Waals surface area contributed by atoms with E-state index in [1.54, 1.807) is 25.2 Å². The van der Waals surface area contributed by atoms with Gasteiger partial charge in [-0.3, -0.25) is 4.57 Å². The summed E-state index contributed by atoms with van der Waals surface area (Å²) in [6, 6.07) is 7.15. The minimum atomic E-state index is -3.87. The molecule has 6 heteroatoms. The van der Waals surface area contributed by atoms with Crippen LogP contribution in [-0.4, -0.2) is 16.6 Å². The third-order valence-corrected chi connectivity index (χ3v) is 3.89.